The molecule has 5 aromatic rings. The Morgan fingerprint density at radius 3 is 1.92 bits per heavy atom. The van der Waals surface area contributed by atoms with Crippen LogP contribution < -0.4 is 10.5 Å². The summed E-state index contributed by atoms with van der Waals surface area (Å²) in [7, 11) is 3.73. The summed E-state index contributed by atoms with van der Waals surface area (Å²) in [6.45, 7) is 7.32. The Morgan fingerprint density at radius 1 is 0.842 bits per heavy atom. The van der Waals surface area contributed by atoms with Crippen molar-refractivity contribution < 1.29 is 0 Å². The lowest BCUT2D eigenvalue weighted by molar-refractivity contribution is 0.706. The lowest BCUT2D eigenvalue weighted by atomic mass is 9.94. The molecule has 0 saturated carbocycles. The highest BCUT2D eigenvalue weighted by molar-refractivity contribution is 6.30. The number of fused-ring (bicyclic) bond motifs is 1. The van der Waals surface area contributed by atoms with Crippen LogP contribution in [0.3, 0.4) is 0 Å². The molecule has 0 aliphatic carbocycles. The number of aryl methyl sites for hydroxylation is 4. The third-order valence-corrected chi connectivity index (χ3v) is 7.40. The number of hydrogen-bond donors (Lipinski definition) is 0. The zero-order chi connectivity index (χ0) is 27.1. The second kappa shape index (κ2) is 10.3. The summed E-state index contributed by atoms with van der Waals surface area (Å²) >= 11 is 12.6. The van der Waals surface area contributed by atoms with E-state index in [1.54, 1.807) is 11.6 Å². The van der Waals surface area contributed by atoms with Gasteiger partial charge in [-0.25, -0.2) is 0 Å². The highest BCUT2D eigenvalue weighted by Crippen LogP contribution is 2.34. The van der Waals surface area contributed by atoms with Crippen LogP contribution in [0, 0.1) is 20.8 Å². The van der Waals surface area contributed by atoms with Crippen LogP contribution in [0.2, 0.25) is 10.0 Å². The second-order valence-electron chi connectivity index (χ2n) is 10.0. The van der Waals surface area contributed by atoms with Crippen molar-refractivity contribution in [1.29, 1.82) is 0 Å². The lowest BCUT2D eigenvalue weighted by Gasteiger charge is -2.26. The summed E-state index contributed by atoms with van der Waals surface area (Å²) in [6, 6.07) is 19.8. The average molecular weight is 546 g/mol. The molecule has 7 heteroatoms. The summed E-state index contributed by atoms with van der Waals surface area (Å²) in [5, 5.41) is 1.95. The zero-order valence-electron chi connectivity index (χ0n) is 22.2. The topological polar surface area (TPSA) is 43.1 Å². The van der Waals surface area contributed by atoms with Gasteiger partial charge in [-0.2, -0.15) is 4.98 Å². The van der Waals surface area contributed by atoms with Crippen molar-refractivity contribution in [1.82, 2.24) is 14.1 Å². The summed E-state index contributed by atoms with van der Waals surface area (Å²) in [4.78, 5) is 21.2. The Bertz CT molecular complexity index is 1660. The second-order valence-corrected chi connectivity index (χ2v) is 10.9. The minimum atomic E-state index is -0.0813. The monoisotopic (exact) mass is 544 g/mol. The molecule has 0 radical (unpaired) electrons. The van der Waals surface area contributed by atoms with Crippen molar-refractivity contribution >= 4 is 40.2 Å². The molecular weight excluding hydrogens is 515 g/mol. The molecule has 3 aromatic carbocycles. The van der Waals surface area contributed by atoms with E-state index >= 15 is 0 Å². The van der Waals surface area contributed by atoms with Crippen molar-refractivity contribution in [2.24, 2.45) is 14.1 Å². The van der Waals surface area contributed by atoms with Crippen LogP contribution in [0.4, 0.5) is 5.95 Å². The molecule has 0 saturated heterocycles. The summed E-state index contributed by atoms with van der Waals surface area (Å²) in [6.07, 6.45) is 2.02. The van der Waals surface area contributed by atoms with Crippen molar-refractivity contribution in [2.75, 3.05) is 4.90 Å². The van der Waals surface area contributed by atoms with Gasteiger partial charge in [0.15, 0.2) is 0 Å². The molecule has 0 unspecified atom stereocenters. The Morgan fingerprint density at radius 2 is 1.39 bits per heavy atom. The number of nitrogens with zero attached hydrogens (tertiary/aromatic N) is 4. The molecule has 0 amide bonds. The predicted molar refractivity (Wildman–Crippen MR) is 158 cm³/mol. The Balaban J connectivity index is 1.69. The Hall–Kier alpha value is -3.54. The summed E-state index contributed by atoms with van der Waals surface area (Å²) in [5.41, 5.74) is 8.10. The van der Waals surface area contributed by atoms with E-state index in [0.29, 0.717) is 40.1 Å². The van der Waals surface area contributed by atoms with Crippen LogP contribution >= 0.6 is 23.2 Å². The van der Waals surface area contributed by atoms with Gasteiger partial charge in [0.05, 0.1) is 5.39 Å². The predicted octanol–water partition coefficient (Wildman–Crippen LogP) is 7.38. The molecule has 5 rings (SSSR count). The number of anilines is 1. The third kappa shape index (κ3) is 4.96. The average Bonchev–Trinajstić information content (AvgIpc) is 3.16. The fraction of sp³-hybridized carbons (Fsp3) is 0.226. The van der Waals surface area contributed by atoms with E-state index in [0.717, 1.165) is 33.4 Å². The summed E-state index contributed by atoms with van der Waals surface area (Å²) in [5.74, 6) is 0.576. The molecule has 38 heavy (non-hydrogen) atoms. The van der Waals surface area contributed by atoms with Crippen LogP contribution in [0.5, 0.6) is 0 Å². The van der Waals surface area contributed by atoms with E-state index in [4.69, 9.17) is 28.2 Å². The van der Waals surface area contributed by atoms with Gasteiger partial charge in [-0.3, -0.25) is 9.36 Å². The Kier molecular flexibility index (Phi) is 7.08. The van der Waals surface area contributed by atoms with Crippen LogP contribution in [-0.4, -0.2) is 14.1 Å². The lowest BCUT2D eigenvalue weighted by Crippen LogP contribution is -2.31. The van der Waals surface area contributed by atoms with E-state index in [1.807, 2.05) is 66.3 Å². The fourth-order valence-corrected chi connectivity index (χ4v) is 5.80. The number of hydrogen-bond acceptors (Lipinski definition) is 3. The zero-order valence-corrected chi connectivity index (χ0v) is 23.7. The van der Waals surface area contributed by atoms with Crippen molar-refractivity contribution in [3.63, 3.8) is 0 Å². The first-order chi connectivity index (χ1) is 18.1. The van der Waals surface area contributed by atoms with Crippen LogP contribution in [0.25, 0.3) is 22.2 Å². The molecule has 0 aliphatic rings. The van der Waals surface area contributed by atoms with Crippen LogP contribution in [-0.2, 0) is 27.2 Å². The highest BCUT2D eigenvalue weighted by Gasteiger charge is 2.22. The molecule has 5 nitrogen and oxygen atoms in total. The molecule has 0 fully saturated rings. The summed E-state index contributed by atoms with van der Waals surface area (Å²) < 4.78 is 3.60. The van der Waals surface area contributed by atoms with Gasteiger partial charge < -0.3 is 9.47 Å². The number of halogens is 2. The van der Waals surface area contributed by atoms with E-state index in [2.05, 4.69) is 37.8 Å². The van der Waals surface area contributed by atoms with Gasteiger partial charge in [0.1, 0.15) is 5.65 Å². The molecule has 2 heterocycles. The molecule has 0 bridgehead atoms. The van der Waals surface area contributed by atoms with Gasteiger partial charge in [0.25, 0.3) is 5.56 Å². The smallest absolute Gasteiger partial charge is 0.264 e. The molecule has 2 aromatic heterocycles. The van der Waals surface area contributed by atoms with E-state index in [9.17, 15) is 4.79 Å². The first-order valence-electron chi connectivity index (χ1n) is 12.5. The number of aromatic nitrogens is 3. The maximum Gasteiger partial charge on any atom is 0.264 e. The molecule has 0 spiro atoms. The first-order valence-corrected chi connectivity index (χ1v) is 13.3. The highest BCUT2D eigenvalue weighted by atomic mass is 35.5. The van der Waals surface area contributed by atoms with E-state index in [-0.39, 0.29) is 5.56 Å². The van der Waals surface area contributed by atoms with Gasteiger partial charge in [-0.1, -0.05) is 65.2 Å². The SMILES string of the molecule is Cc1cc(C)c(-c2cn(C)c3nc(N(Cc4cccc(Cl)c4)Cc4cccc(Cl)c4)n(C)c(=O)c23)c(C)c1. The van der Waals surface area contributed by atoms with Crippen molar-refractivity contribution in [3.05, 3.63) is 115 Å². The molecule has 0 N–H and O–H groups in total. The number of benzene rings is 3. The quantitative estimate of drug-likeness (QED) is 0.224. The van der Waals surface area contributed by atoms with Crippen molar-refractivity contribution in [3.8, 4) is 11.1 Å². The van der Waals surface area contributed by atoms with Crippen molar-refractivity contribution in [2.45, 2.75) is 33.9 Å². The molecular formula is C31H30Cl2N4O. The van der Waals surface area contributed by atoms with Gasteiger partial charge in [0.2, 0.25) is 5.95 Å². The Labute approximate surface area is 232 Å². The number of rotatable bonds is 6. The van der Waals surface area contributed by atoms with Crippen LogP contribution in [0.1, 0.15) is 27.8 Å². The van der Waals surface area contributed by atoms with Gasteiger partial charge in [-0.15, -0.1) is 0 Å². The molecule has 0 aliphatic heterocycles. The normalized spacial score (nSPS) is 11.3. The largest absolute Gasteiger partial charge is 0.335 e. The minimum absolute atomic E-state index is 0.0813. The van der Waals surface area contributed by atoms with E-state index in [1.165, 1.54) is 5.56 Å². The molecule has 0 atom stereocenters. The van der Waals surface area contributed by atoms with Gasteiger partial charge in [-0.05, 0) is 72.9 Å². The maximum atomic E-state index is 14.0. The standard InChI is InChI=1S/C31H30Cl2N4O/c1-19-12-20(2)27(21(3)13-19)26-18-35(4)29-28(26)30(38)36(5)31(34-29)37(16-22-8-6-10-24(32)14-22)17-23-9-7-11-25(33)15-23/h6-15,18H,16-17H2,1-5H3. The third-order valence-electron chi connectivity index (χ3n) is 6.93. The first kappa shape index (κ1) is 26.1. The van der Waals surface area contributed by atoms with Gasteiger partial charge in [0, 0.05) is 49.0 Å². The fourth-order valence-electron chi connectivity index (χ4n) is 5.38. The molecule has 194 valence electrons. The van der Waals surface area contributed by atoms with Gasteiger partial charge >= 0.3 is 0 Å². The minimum Gasteiger partial charge on any atom is -0.335 e. The maximum absolute atomic E-state index is 14.0. The van der Waals surface area contributed by atoms with Crippen LogP contribution in [0.15, 0.2) is 71.7 Å². The van der Waals surface area contributed by atoms with E-state index < -0.39 is 0 Å².